The molecule has 6 nitrogen and oxygen atoms in total. The number of nitriles is 1. The Hall–Kier alpha value is -1.83. The smallest absolute Gasteiger partial charge is 0.369 e. The van der Waals surface area contributed by atoms with Crippen LogP contribution in [0.2, 0.25) is 0 Å². The molecule has 1 heterocycles. The van der Waals surface area contributed by atoms with Crippen molar-refractivity contribution in [2.75, 3.05) is 38.1 Å². The third-order valence-electron chi connectivity index (χ3n) is 5.81. The molecule has 1 aromatic rings. The summed E-state index contributed by atoms with van der Waals surface area (Å²) in [6, 6.07) is 5.20. The van der Waals surface area contributed by atoms with E-state index in [1.807, 2.05) is 0 Å². The van der Waals surface area contributed by atoms with E-state index >= 15 is 0 Å². The summed E-state index contributed by atoms with van der Waals surface area (Å²) in [6.45, 7) is 1.00. The van der Waals surface area contributed by atoms with Crippen molar-refractivity contribution in [1.29, 1.82) is 5.26 Å². The van der Waals surface area contributed by atoms with E-state index in [1.54, 1.807) is 18.0 Å². The van der Waals surface area contributed by atoms with Crippen LogP contribution in [0.5, 0.6) is 0 Å². The lowest BCUT2D eigenvalue weighted by Gasteiger charge is -2.39. The van der Waals surface area contributed by atoms with Gasteiger partial charge in [-0.1, -0.05) is 19.3 Å². The number of halogens is 3. The molecule has 29 heavy (non-hydrogen) atoms. The van der Waals surface area contributed by atoms with Crippen molar-refractivity contribution in [2.45, 2.75) is 44.3 Å². The average molecular weight is 430 g/mol. The molecule has 1 aliphatic heterocycles. The van der Waals surface area contributed by atoms with Crippen LogP contribution in [-0.4, -0.2) is 56.3 Å². The SMILES string of the molecule is CN(C1CCCCC1)S(=O)(=O)N1CCN(c2ccc(C#N)c(C(F)(F)F)c2)CC1. The van der Waals surface area contributed by atoms with E-state index in [4.69, 9.17) is 5.26 Å². The Morgan fingerprint density at radius 2 is 1.72 bits per heavy atom. The van der Waals surface area contributed by atoms with Crippen LogP contribution in [0, 0.1) is 11.3 Å². The number of benzene rings is 1. The molecule has 3 rings (SSSR count). The molecule has 1 aliphatic carbocycles. The minimum atomic E-state index is -4.62. The van der Waals surface area contributed by atoms with E-state index in [-0.39, 0.29) is 19.1 Å². The minimum Gasteiger partial charge on any atom is -0.369 e. The van der Waals surface area contributed by atoms with Crippen molar-refractivity contribution in [3.05, 3.63) is 29.3 Å². The summed E-state index contributed by atoms with van der Waals surface area (Å²) in [5.74, 6) is 0. The molecule has 1 aromatic carbocycles. The monoisotopic (exact) mass is 430 g/mol. The first kappa shape index (κ1) is 21.9. The van der Waals surface area contributed by atoms with E-state index in [0.717, 1.165) is 44.2 Å². The van der Waals surface area contributed by atoms with Gasteiger partial charge >= 0.3 is 6.18 Å². The Balaban J connectivity index is 1.70. The normalized spacial score (nSPS) is 20.1. The van der Waals surface area contributed by atoms with Gasteiger partial charge in [0, 0.05) is 45.0 Å². The number of rotatable bonds is 4. The van der Waals surface area contributed by atoms with Gasteiger partial charge in [-0.25, -0.2) is 0 Å². The highest BCUT2D eigenvalue weighted by Crippen LogP contribution is 2.35. The highest BCUT2D eigenvalue weighted by molar-refractivity contribution is 7.86. The highest BCUT2D eigenvalue weighted by atomic mass is 32.2. The van der Waals surface area contributed by atoms with Crippen LogP contribution in [0.15, 0.2) is 18.2 Å². The number of hydrogen-bond acceptors (Lipinski definition) is 4. The molecule has 0 spiro atoms. The number of anilines is 1. The van der Waals surface area contributed by atoms with Crippen LogP contribution >= 0.6 is 0 Å². The summed E-state index contributed by atoms with van der Waals surface area (Å²) in [6.07, 6.45) is 0.294. The van der Waals surface area contributed by atoms with Crippen LogP contribution in [0.3, 0.4) is 0 Å². The first-order valence-corrected chi connectivity index (χ1v) is 11.1. The molecule has 0 unspecified atom stereocenters. The molecule has 0 bridgehead atoms. The average Bonchev–Trinajstić information content (AvgIpc) is 2.72. The standard InChI is InChI=1S/C19H25F3N4O2S/c1-24(16-5-3-2-4-6-16)29(27,28)26-11-9-25(10-12-26)17-8-7-15(14-23)18(13-17)19(20,21)22/h7-8,13,16H,2-6,9-12H2,1H3. The first-order chi connectivity index (χ1) is 13.6. The van der Waals surface area contributed by atoms with Crippen molar-refractivity contribution in [2.24, 2.45) is 0 Å². The van der Waals surface area contributed by atoms with Crippen LogP contribution < -0.4 is 4.90 Å². The molecule has 2 aliphatic rings. The molecule has 160 valence electrons. The zero-order valence-electron chi connectivity index (χ0n) is 16.3. The second-order valence-corrected chi connectivity index (χ2v) is 9.53. The molecule has 1 saturated heterocycles. The fourth-order valence-corrected chi connectivity index (χ4v) is 5.63. The number of alkyl halides is 3. The molecule has 0 amide bonds. The topological polar surface area (TPSA) is 67.7 Å². The van der Waals surface area contributed by atoms with Gasteiger partial charge < -0.3 is 4.90 Å². The lowest BCUT2D eigenvalue weighted by Crippen LogP contribution is -2.54. The van der Waals surface area contributed by atoms with Gasteiger partial charge in [0.05, 0.1) is 17.2 Å². The molecule has 0 aromatic heterocycles. The lowest BCUT2D eigenvalue weighted by atomic mass is 9.96. The molecule has 1 saturated carbocycles. The Labute approximate surface area is 169 Å². The van der Waals surface area contributed by atoms with Gasteiger partial charge in [-0.05, 0) is 31.0 Å². The summed E-state index contributed by atoms with van der Waals surface area (Å²) in [5.41, 5.74) is -1.05. The van der Waals surface area contributed by atoms with E-state index < -0.39 is 27.5 Å². The fraction of sp³-hybridized carbons (Fsp3) is 0.632. The fourth-order valence-electron chi connectivity index (χ4n) is 4.05. The molecule has 0 radical (unpaired) electrons. The minimum absolute atomic E-state index is 0.0136. The Bertz CT molecular complexity index is 868. The zero-order valence-corrected chi connectivity index (χ0v) is 17.1. The van der Waals surface area contributed by atoms with Crippen molar-refractivity contribution >= 4 is 15.9 Å². The number of hydrogen-bond donors (Lipinski definition) is 0. The largest absolute Gasteiger partial charge is 0.417 e. The van der Waals surface area contributed by atoms with Gasteiger partial charge in [0.15, 0.2) is 0 Å². The maximum absolute atomic E-state index is 13.2. The Morgan fingerprint density at radius 3 is 2.28 bits per heavy atom. The second kappa shape index (κ2) is 8.50. The maximum atomic E-state index is 13.2. The van der Waals surface area contributed by atoms with E-state index in [1.165, 1.54) is 14.7 Å². The van der Waals surface area contributed by atoms with Crippen molar-refractivity contribution in [3.63, 3.8) is 0 Å². The van der Waals surface area contributed by atoms with Gasteiger partial charge in [0.25, 0.3) is 10.2 Å². The lowest BCUT2D eigenvalue weighted by molar-refractivity contribution is -0.137. The summed E-state index contributed by atoms with van der Waals surface area (Å²) < 4.78 is 68.4. The Morgan fingerprint density at radius 1 is 1.10 bits per heavy atom. The summed E-state index contributed by atoms with van der Waals surface area (Å²) in [7, 11) is -1.97. The second-order valence-electron chi connectivity index (χ2n) is 7.54. The predicted octanol–water partition coefficient (Wildman–Crippen LogP) is 3.21. The van der Waals surface area contributed by atoms with E-state index in [9.17, 15) is 21.6 Å². The number of piperazine rings is 1. The van der Waals surface area contributed by atoms with Crippen LogP contribution in [0.25, 0.3) is 0 Å². The van der Waals surface area contributed by atoms with Crippen LogP contribution in [0.1, 0.15) is 43.2 Å². The quantitative estimate of drug-likeness (QED) is 0.736. The van der Waals surface area contributed by atoms with E-state index in [2.05, 4.69) is 0 Å². The Kier molecular flexibility index (Phi) is 6.41. The van der Waals surface area contributed by atoms with Gasteiger partial charge in [0.2, 0.25) is 0 Å². The van der Waals surface area contributed by atoms with Gasteiger partial charge in [-0.2, -0.15) is 35.5 Å². The predicted molar refractivity (Wildman–Crippen MR) is 104 cm³/mol. The zero-order chi connectivity index (χ0) is 21.2. The van der Waals surface area contributed by atoms with Crippen LogP contribution in [-0.2, 0) is 16.4 Å². The molecule has 10 heteroatoms. The van der Waals surface area contributed by atoms with Crippen LogP contribution in [0.4, 0.5) is 18.9 Å². The third kappa shape index (κ3) is 4.68. The molecule has 0 atom stereocenters. The summed E-state index contributed by atoms with van der Waals surface area (Å²) >= 11 is 0. The molecular formula is C19H25F3N4O2S. The number of nitrogens with zero attached hydrogens (tertiary/aromatic N) is 4. The van der Waals surface area contributed by atoms with Crippen molar-refractivity contribution in [3.8, 4) is 6.07 Å². The maximum Gasteiger partial charge on any atom is 0.417 e. The molecule has 0 N–H and O–H groups in total. The highest BCUT2D eigenvalue weighted by Gasteiger charge is 2.36. The van der Waals surface area contributed by atoms with E-state index in [0.29, 0.717) is 18.8 Å². The van der Waals surface area contributed by atoms with Crippen molar-refractivity contribution < 1.29 is 21.6 Å². The molecule has 2 fully saturated rings. The molecular weight excluding hydrogens is 405 g/mol. The summed E-state index contributed by atoms with van der Waals surface area (Å²) in [5, 5.41) is 8.93. The first-order valence-electron chi connectivity index (χ1n) is 9.74. The van der Waals surface area contributed by atoms with Gasteiger partial charge in [-0.15, -0.1) is 0 Å². The van der Waals surface area contributed by atoms with Gasteiger partial charge in [-0.3, -0.25) is 0 Å². The summed E-state index contributed by atoms with van der Waals surface area (Å²) in [4.78, 5) is 1.73. The van der Waals surface area contributed by atoms with Gasteiger partial charge in [0.1, 0.15) is 0 Å². The van der Waals surface area contributed by atoms with Crippen molar-refractivity contribution in [1.82, 2.24) is 8.61 Å². The third-order valence-corrected chi connectivity index (χ3v) is 7.86.